The van der Waals surface area contributed by atoms with E-state index in [4.69, 9.17) is 13.9 Å². The first kappa shape index (κ1) is 26.5. The molecule has 0 aliphatic rings. The summed E-state index contributed by atoms with van der Waals surface area (Å²) in [5.74, 6) is 2.64. The molecule has 0 amide bonds. The Kier molecular flexibility index (Phi) is 8.31. The Morgan fingerprint density at radius 2 is 1.38 bits per heavy atom. The van der Waals surface area contributed by atoms with Gasteiger partial charge in [0.05, 0.1) is 20.8 Å². The van der Waals surface area contributed by atoms with Gasteiger partial charge in [0.1, 0.15) is 28.8 Å². The number of halogens is 1. The van der Waals surface area contributed by atoms with Crippen molar-refractivity contribution in [3.8, 4) is 11.5 Å². The van der Waals surface area contributed by atoms with Crippen LogP contribution in [0.1, 0.15) is 42.1 Å². The van der Waals surface area contributed by atoms with E-state index in [0.717, 1.165) is 6.54 Å². The van der Waals surface area contributed by atoms with E-state index in [0.29, 0.717) is 58.7 Å². The molecule has 0 fully saturated rings. The molecular formula is C31H34FNO4. The Morgan fingerprint density at radius 3 is 1.89 bits per heavy atom. The molecule has 0 atom stereocenters. The maximum atomic E-state index is 14.4. The second-order valence-electron chi connectivity index (χ2n) is 9.59. The number of benzene rings is 3. The fourth-order valence-electron chi connectivity index (χ4n) is 4.56. The van der Waals surface area contributed by atoms with Gasteiger partial charge in [0, 0.05) is 18.7 Å². The molecule has 1 N–H and O–H groups in total. The second-order valence-corrected chi connectivity index (χ2v) is 9.59. The molecular weight excluding hydrogens is 469 g/mol. The van der Waals surface area contributed by atoms with Gasteiger partial charge in [-0.15, -0.1) is 0 Å². The average molecular weight is 504 g/mol. The number of furan rings is 1. The summed E-state index contributed by atoms with van der Waals surface area (Å²) in [6.07, 6.45) is 0. The minimum Gasteiger partial charge on any atom is -0.497 e. The third-order valence-corrected chi connectivity index (χ3v) is 6.39. The summed E-state index contributed by atoms with van der Waals surface area (Å²) in [6, 6.07) is 25.1. The largest absolute Gasteiger partial charge is 0.497 e. The molecule has 6 heteroatoms. The predicted octanol–water partition coefficient (Wildman–Crippen LogP) is 6.38. The molecule has 3 aromatic carbocycles. The Balaban J connectivity index is 1.68. The lowest BCUT2D eigenvalue weighted by atomic mass is 9.84. The summed E-state index contributed by atoms with van der Waals surface area (Å²) in [4.78, 5) is 2.16. The highest BCUT2D eigenvalue weighted by Gasteiger charge is 2.37. The number of hydrogen-bond acceptors (Lipinski definition) is 5. The average Bonchev–Trinajstić information content (AvgIpc) is 3.38. The summed E-state index contributed by atoms with van der Waals surface area (Å²) in [7, 11) is 3.21. The molecule has 5 nitrogen and oxygen atoms in total. The Labute approximate surface area is 218 Å². The van der Waals surface area contributed by atoms with E-state index in [1.54, 1.807) is 26.4 Å². The van der Waals surface area contributed by atoms with Crippen LogP contribution >= 0.6 is 0 Å². The molecule has 0 aliphatic carbocycles. The summed E-state index contributed by atoms with van der Waals surface area (Å²) < 4.78 is 31.3. The zero-order valence-corrected chi connectivity index (χ0v) is 21.8. The van der Waals surface area contributed by atoms with Crippen LogP contribution in [0.25, 0.3) is 0 Å². The molecule has 0 saturated carbocycles. The summed E-state index contributed by atoms with van der Waals surface area (Å²) in [5, 5.41) is 12.2. The molecule has 37 heavy (non-hydrogen) atoms. The summed E-state index contributed by atoms with van der Waals surface area (Å²) in [6.45, 7) is 5.98. The van der Waals surface area contributed by atoms with Gasteiger partial charge in [-0.3, -0.25) is 4.90 Å². The number of aliphatic hydroxyl groups is 1. The van der Waals surface area contributed by atoms with Crippen molar-refractivity contribution in [2.24, 2.45) is 5.92 Å². The van der Waals surface area contributed by atoms with Crippen molar-refractivity contribution in [1.29, 1.82) is 0 Å². The highest BCUT2D eigenvalue weighted by molar-refractivity contribution is 5.46. The third kappa shape index (κ3) is 6.04. The van der Waals surface area contributed by atoms with Gasteiger partial charge in [-0.2, -0.15) is 0 Å². The Bertz CT molecular complexity index is 1230. The van der Waals surface area contributed by atoms with Crippen LogP contribution < -0.4 is 9.47 Å². The fourth-order valence-corrected chi connectivity index (χ4v) is 4.56. The highest BCUT2D eigenvalue weighted by Crippen LogP contribution is 2.39. The van der Waals surface area contributed by atoms with Gasteiger partial charge < -0.3 is 19.0 Å². The maximum absolute atomic E-state index is 14.4. The van der Waals surface area contributed by atoms with Crippen molar-refractivity contribution < 1.29 is 23.4 Å². The van der Waals surface area contributed by atoms with E-state index in [-0.39, 0.29) is 5.82 Å². The minimum atomic E-state index is -1.54. The zero-order valence-electron chi connectivity index (χ0n) is 21.8. The van der Waals surface area contributed by atoms with Gasteiger partial charge in [-0.05, 0) is 59.5 Å². The van der Waals surface area contributed by atoms with Crippen LogP contribution in [0.5, 0.6) is 11.5 Å². The van der Waals surface area contributed by atoms with Crippen LogP contribution in [-0.4, -0.2) is 30.8 Å². The first-order valence-electron chi connectivity index (χ1n) is 12.4. The summed E-state index contributed by atoms with van der Waals surface area (Å²) in [5.41, 5.74) is 0.392. The standard InChI is InChI=1S/C31H34FNO4/c1-22(2)19-33(20-23-7-5-6-8-29(23)32)21-28-17-18-30(37-28)31(34,24-9-13-26(35-3)14-10-24)25-11-15-27(36-4)16-12-25/h5-18,22,34H,19-21H2,1-4H3. The lowest BCUT2D eigenvalue weighted by molar-refractivity contribution is 0.0946. The minimum absolute atomic E-state index is 0.218. The van der Waals surface area contributed by atoms with Crippen molar-refractivity contribution in [3.63, 3.8) is 0 Å². The van der Waals surface area contributed by atoms with E-state index < -0.39 is 5.60 Å². The van der Waals surface area contributed by atoms with Crippen LogP contribution in [0.3, 0.4) is 0 Å². The third-order valence-electron chi connectivity index (χ3n) is 6.39. The highest BCUT2D eigenvalue weighted by atomic mass is 19.1. The smallest absolute Gasteiger partial charge is 0.173 e. The quantitative estimate of drug-likeness (QED) is 0.257. The van der Waals surface area contributed by atoms with E-state index in [2.05, 4.69) is 18.7 Å². The van der Waals surface area contributed by atoms with Gasteiger partial charge in [0.25, 0.3) is 0 Å². The maximum Gasteiger partial charge on any atom is 0.173 e. The zero-order chi connectivity index (χ0) is 26.4. The lowest BCUT2D eigenvalue weighted by Crippen LogP contribution is -2.29. The molecule has 0 spiro atoms. The van der Waals surface area contributed by atoms with Crippen LogP contribution in [0.2, 0.25) is 0 Å². The topological polar surface area (TPSA) is 55.1 Å². The molecule has 4 rings (SSSR count). The molecule has 194 valence electrons. The molecule has 1 heterocycles. The van der Waals surface area contributed by atoms with E-state index in [1.807, 2.05) is 66.7 Å². The first-order chi connectivity index (χ1) is 17.8. The molecule has 0 bridgehead atoms. The van der Waals surface area contributed by atoms with Crippen LogP contribution in [0, 0.1) is 11.7 Å². The van der Waals surface area contributed by atoms with Crippen molar-refractivity contribution in [2.45, 2.75) is 32.5 Å². The molecule has 0 unspecified atom stereocenters. The van der Waals surface area contributed by atoms with Gasteiger partial charge in [0.2, 0.25) is 0 Å². The predicted molar refractivity (Wildman–Crippen MR) is 142 cm³/mol. The van der Waals surface area contributed by atoms with E-state index in [1.165, 1.54) is 6.07 Å². The van der Waals surface area contributed by atoms with Gasteiger partial charge in [-0.25, -0.2) is 4.39 Å². The fraction of sp³-hybridized carbons (Fsp3) is 0.290. The summed E-state index contributed by atoms with van der Waals surface area (Å²) >= 11 is 0. The molecule has 0 radical (unpaired) electrons. The molecule has 0 saturated heterocycles. The number of nitrogens with zero attached hydrogens (tertiary/aromatic N) is 1. The van der Waals surface area contributed by atoms with Crippen molar-refractivity contribution >= 4 is 0 Å². The van der Waals surface area contributed by atoms with Gasteiger partial charge in [0.15, 0.2) is 5.60 Å². The lowest BCUT2D eigenvalue weighted by Gasteiger charge is -2.28. The Morgan fingerprint density at radius 1 is 0.811 bits per heavy atom. The SMILES string of the molecule is COc1ccc(C(O)(c2ccc(OC)cc2)c2ccc(CN(Cc3ccccc3F)CC(C)C)o2)cc1. The second kappa shape index (κ2) is 11.6. The number of rotatable bonds is 11. The number of ether oxygens (including phenoxy) is 2. The molecule has 4 aromatic rings. The van der Waals surface area contributed by atoms with Crippen molar-refractivity contribution in [2.75, 3.05) is 20.8 Å². The monoisotopic (exact) mass is 503 g/mol. The van der Waals surface area contributed by atoms with Crippen LogP contribution in [0.15, 0.2) is 89.3 Å². The van der Waals surface area contributed by atoms with Crippen molar-refractivity contribution in [3.05, 3.63) is 119 Å². The van der Waals surface area contributed by atoms with E-state index >= 15 is 0 Å². The normalized spacial score (nSPS) is 11.8. The van der Waals surface area contributed by atoms with Gasteiger partial charge in [-0.1, -0.05) is 56.3 Å². The molecule has 0 aliphatic heterocycles. The Hall–Kier alpha value is -3.61. The molecule has 1 aromatic heterocycles. The number of methoxy groups -OCH3 is 2. The number of hydrogen-bond donors (Lipinski definition) is 1. The van der Waals surface area contributed by atoms with Gasteiger partial charge >= 0.3 is 0 Å². The van der Waals surface area contributed by atoms with Crippen LogP contribution in [0.4, 0.5) is 4.39 Å². The van der Waals surface area contributed by atoms with Crippen LogP contribution in [-0.2, 0) is 18.7 Å². The first-order valence-corrected chi connectivity index (χ1v) is 12.4. The van der Waals surface area contributed by atoms with E-state index in [9.17, 15) is 9.50 Å². The van der Waals surface area contributed by atoms with Crippen molar-refractivity contribution in [1.82, 2.24) is 4.90 Å².